The van der Waals surface area contributed by atoms with Crippen molar-refractivity contribution in [2.75, 3.05) is 10.6 Å². The highest BCUT2D eigenvalue weighted by Gasteiger charge is 2.19. The number of nitrogens with zero attached hydrogens (tertiary/aromatic N) is 2. The maximum atomic E-state index is 6.61. The number of anilines is 4. The minimum absolute atomic E-state index is 0.434. The first-order chi connectivity index (χ1) is 28.2. The lowest BCUT2D eigenvalue weighted by Crippen LogP contribution is -2.10. The van der Waals surface area contributed by atoms with Gasteiger partial charge in [-0.3, -0.25) is 0 Å². The quantitative estimate of drug-likeness (QED) is 0.150. The SMILES string of the molecule is Nc1ccc2cccc(-c3ccc(N(c4ccc(-c5ccccc5)cc4)c4ccc5c(c4)c4ccccc4n5-c4ccccc4)cc3)c2c1OCc1ccccc1. The van der Waals surface area contributed by atoms with Gasteiger partial charge in [-0.25, -0.2) is 0 Å². The molecule has 10 aromatic rings. The van der Waals surface area contributed by atoms with Gasteiger partial charge in [-0.1, -0.05) is 146 Å². The molecule has 0 saturated heterocycles. The molecule has 4 nitrogen and oxygen atoms in total. The third kappa shape index (κ3) is 6.33. The summed E-state index contributed by atoms with van der Waals surface area (Å²) in [6.45, 7) is 0.434. The number of hydrogen-bond donors (Lipinski definition) is 1. The number of benzene rings is 9. The molecule has 0 radical (unpaired) electrons. The van der Waals surface area contributed by atoms with Crippen molar-refractivity contribution in [3.05, 3.63) is 218 Å². The van der Waals surface area contributed by atoms with E-state index in [9.17, 15) is 0 Å². The van der Waals surface area contributed by atoms with Gasteiger partial charge in [-0.15, -0.1) is 0 Å². The number of fused-ring (bicyclic) bond motifs is 4. The molecule has 4 heteroatoms. The van der Waals surface area contributed by atoms with Gasteiger partial charge in [0.2, 0.25) is 0 Å². The lowest BCUT2D eigenvalue weighted by molar-refractivity contribution is 0.312. The van der Waals surface area contributed by atoms with E-state index in [1.165, 1.54) is 32.9 Å². The van der Waals surface area contributed by atoms with E-state index >= 15 is 0 Å². The molecule has 0 aliphatic rings. The number of rotatable bonds is 9. The van der Waals surface area contributed by atoms with Crippen molar-refractivity contribution in [1.82, 2.24) is 4.57 Å². The smallest absolute Gasteiger partial charge is 0.151 e. The Labute approximate surface area is 332 Å². The van der Waals surface area contributed by atoms with Gasteiger partial charge in [-0.05, 0) is 99.9 Å². The van der Waals surface area contributed by atoms with E-state index in [1.807, 2.05) is 24.3 Å². The van der Waals surface area contributed by atoms with E-state index in [0.717, 1.165) is 50.2 Å². The molecule has 0 saturated carbocycles. The van der Waals surface area contributed by atoms with Crippen LogP contribution in [0, 0.1) is 0 Å². The highest BCUT2D eigenvalue weighted by Crippen LogP contribution is 2.43. The van der Waals surface area contributed by atoms with Gasteiger partial charge in [0.15, 0.2) is 5.75 Å². The molecule has 0 bridgehead atoms. The maximum Gasteiger partial charge on any atom is 0.151 e. The average molecular weight is 734 g/mol. The summed E-state index contributed by atoms with van der Waals surface area (Å²) < 4.78 is 8.84. The summed E-state index contributed by atoms with van der Waals surface area (Å²) in [6, 6.07) is 75.0. The molecule has 2 N–H and O–H groups in total. The Morgan fingerprint density at radius 3 is 1.79 bits per heavy atom. The molecule has 0 aliphatic heterocycles. The molecule has 272 valence electrons. The Bertz CT molecular complexity index is 2990. The van der Waals surface area contributed by atoms with Crippen molar-refractivity contribution in [3.63, 3.8) is 0 Å². The number of aromatic nitrogens is 1. The number of para-hydroxylation sites is 2. The molecule has 10 rings (SSSR count). The van der Waals surface area contributed by atoms with Crippen molar-refractivity contribution < 1.29 is 4.74 Å². The van der Waals surface area contributed by atoms with Gasteiger partial charge in [0, 0.05) is 38.9 Å². The second kappa shape index (κ2) is 14.6. The van der Waals surface area contributed by atoms with Gasteiger partial charge >= 0.3 is 0 Å². The molecule has 1 aromatic heterocycles. The zero-order chi connectivity index (χ0) is 38.1. The monoisotopic (exact) mass is 733 g/mol. The summed E-state index contributed by atoms with van der Waals surface area (Å²) in [5.74, 6) is 0.708. The lowest BCUT2D eigenvalue weighted by Gasteiger charge is -2.26. The van der Waals surface area contributed by atoms with Gasteiger partial charge in [-0.2, -0.15) is 0 Å². The van der Waals surface area contributed by atoms with Crippen LogP contribution in [0.1, 0.15) is 5.56 Å². The highest BCUT2D eigenvalue weighted by molar-refractivity contribution is 6.11. The van der Waals surface area contributed by atoms with Gasteiger partial charge < -0.3 is 19.9 Å². The fourth-order valence-electron chi connectivity index (χ4n) is 8.11. The summed E-state index contributed by atoms with van der Waals surface area (Å²) in [5, 5.41) is 4.51. The van der Waals surface area contributed by atoms with Crippen LogP contribution in [0.2, 0.25) is 0 Å². The summed E-state index contributed by atoms with van der Waals surface area (Å²) in [5.41, 5.74) is 19.6. The molecule has 9 aromatic carbocycles. The van der Waals surface area contributed by atoms with E-state index < -0.39 is 0 Å². The van der Waals surface area contributed by atoms with Crippen LogP contribution in [0.4, 0.5) is 22.7 Å². The second-order valence-electron chi connectivity index (χ2n) is 14.3. The predicted octanol–water partition coefficient (Wildman–Crippen LogP) is 13.9. The molecule has 0 atom stereocenters. The molecule has 0 spiro atoms. The zero-order valence-electron chi connectivity index (χ0n) is 31.3. The molecule has 57 heavy (non-hydrogen) atoms. The predicted molar refractivity (Wildman–Crippen MR) is 239 cm³/mol. The molecular weight excluding hydrogens is 695 g/mol. The molecule has 0 aliphatic carbocycles. The Kier molecular flexibility index (Phi) is 8.69. The number of nitrogens with two attached hydrogens (primary N) is 1. The zero-order valence-corrected chi connectivity index (χ0v) is 31.3. The Morgan fingerprint density at radius 2 is 1.05 bits per heavy atom. The van der Waals surface area contributed by atoms with Crippen molar-refractivity contribution in [1.29, 1.82) is 0 Å². The van der Waals surface area contributed by atoms with E-state index in [1.54, 1.807) is 0 Å². The van der Waals surface area contributed by atoms with Crippen LogP contribution in [0.5, 0.6) is 5.75 Å². The van der Waals surface area contributed by atoms with Crippen molar-refractivity contribution >= 4 is 55.3 Å². The van der Waals surface area contributed by atoms with Crippen LogP contribution in [0.25, 0.3) is 60.5 Å². The minimum atomic E-state index is 0.434. The number of hydrogen-bond acceptors (Lipinski definition) is 3. The molecule has 1 heterocycles. The van der Waals surface area contributed by atoms with Crippen LogP contribution in [-0.2, 0) is 6.61 Å². The Hall–Kier alpha value is -7.56. The van der Waals surface area contributed by atoms with Crippen LogP contribution in [0.3, 0.4) is 0 Å². The van der Waals surface area contributed by atoms with E-state index in [-0.39, 0.29) is 0 Å². The molecular formula is C53H39N3O. The lowest BCUT2D eigenvalue weighted by atomic mass is 9.96. The third-order valence-electron chi connectivity index (χ3n) is 10.9. The Morgan fingerprint density at radius 1 is 0.456 bits per heavy atom. The van der Waals surface area contributed by atoms with Crippen LogP contribution in [-0.4, -0.2) is 4.57 Å². The fraction of sp³-hybridized carbons (Fsp3) is 0.0189. The fourth-order valence-corrected chi connectivity index (χ4v) is 8.11. The second-order valence-corrected chi connectivity index (χ2v) is 14.3. The summed E-state index contributed by atoms with van der Waals surface area (Å²) in [7, 11) is 0. The minimum Gasteiger partial charge on any atom is -0.486 e. The standard InChI is InChI=1S/C53H39N3O/c54-49-33-27-41-17-12-21-46(52(41)53(49)57-36-37-13-4-1-5-14-37)40-25-30-44(31-26-40)55(43-28-23-39(24-29-43)38-15-6-2-7-16-38)45-32-34-51-48(35-45)47-20-10-11-22-50(47)56(51)42-18-8-3-9-19-42/h1-35H,36,54H2. The van der Waals surface area contributed by atoms with Gasteiger partial charge in [0.1, 0.15) is 6.61 Å². The largest absolute Gasteiger partial charge is 0.486 e. The van der Waals surface area contributed by atoms with Crippen LogP contribution >= 0.6 is 0 Å². The van der Waals surface area contributed by atoms with Crippen molar-refractivity contribution in [2.24, 2.45) is 0 Å². The van der Waals surface area contributed by atoms with Gasteiger partial charge in [0.25, 0.3) is 0 Å². The van der Waals surface area contributed by atoms with E-state index in [2.05, 4.69) is 198 Å². The summed E-state index contributed by atoms with van der Waals surface area (Å²) in [4.78, 5) is 2.35. The summed E-state index contributed by atoms with van der Waals surface area (Å²) >= 11 is 0. The Balaban J connectivity index is 1.09. The number of nitrogen functional groups attached to an aromatic ring is 1. The van der Waals surface area contributed by atoms with Crippen LogP contribution < -0.4 is 15.4 Å². The molecule has 0 fully saturated rings. The highest BCUT2D eigenvalue weighted by atomic mass is 16.5. The first-order valence-corrected chi connectivity index (χ1v) is 19.3. The first kappa shape index (κ1) is 34.0. The molecule has 0 amide bonds. The topological polar surface area (TPSA) is 43.4 Å². The summed E-state index contributed by atoms with van der Waals surface area (Å²) in [6.07, 6.45) is 0. The van der Waals surface area contributed by atoms with Crippen molar-refractivity contribution in [3.8, 4) is 33.7 Å². The average Bonchev–Trinajstić information content (AvgIpc) is 3.61. The van der Waals surface area contributed by atoms with Gasteiger partial charge in [0.05, 0.1) is 16.7 Å². The maximum absolute atomic E-state index is 6.61. The number of ether oxygens (including phenoxy) is 1. The molecule has 0 unspecified atom stereocenters. The van der Waals surface area contributed by atoms with Crippen LogP contribution in [0.15, 0.2) is 212 Å². The normalized spacial score (nSPS) is 11.3. The third-order valence-corrected chi connectivity index (χ3v) is 10.9. The first-order valence-electron chi connectivity index (χ1n) is 19.3. The van der Waals surface area contributed by atoms with Crippen molar-refractivity contribution in [2.45, 2.75) is 6.61 Å². The van der Waals surface area contributed by atoms with E-state index in [4.69, 9.17) is 10.5 Å². The van der Waals surface area contributed by atoms with E-state index in [0.29, 0.717) is 18.0 Å².